The maximum atomic E-state index is 12.5. The third-order valence-corrected chi connectivity index (χ3v) is 4.78. The van der Waals surface area contributed by atoms with Crippen molar-refractivity contribution in [1.82, 2.24) is 14.4 Å². The lowest BCUT2D eigenvalue weighted by Gasteiger charge is -2.03. The van der Waals surface area contributed by atoms with E-state index >= 15 is 0 Å². The number of rotatable bonds is 2. The summed E-state index contributed by atoms with van der Waals surface area (Å²) in [6.07, 6.45) is 2.51. The summed E-state index contributed by atoms with van der Waals surface area (Å²) in [5, 5.41) is 9.19. The van der Waals surface area contributed by atoms with Gasteiger partial charge < -0.3 is 10.1 Å². The third kappa shape index (κ3) is 2.53. The van der Waals surface area contributed by atoms with Crippen molar-refractivity contribution in [3.63, 3.8) is 0 Å². The average Bonchev–Trinajstić information content (AvgIpc) is 3.24. The first-order valence-electron chi connectivity index (χ1n) is 8.18. The van der Waals surface area contributed by atoms with Crippen LogP contribution in [0.3, 0.4) is 0 Å². The van der Waals surface area contributed by atoms with Crippen molar-refractivity contribution in [2.45, 2.75) is 6.42 Å². The van der Waals surface area contributed by atoms with Gasteiger partial charge >= 0.3 is 5.97 Å². The number of hydrogen-bond donors (Lipinski definition) is 2. The fourth-order valence-corrected chi connectivity index (χ4v) is 3.55. The molecule has 0 atom stereocenters. The molecule has 2 heterocycles. The summed E-state index contributed by atoms with van der Waals surface area (Å²) in [5.41, 5.74) is 5.47. The van der Waals surface area contributed by atoms with E-state index in [4.69, 9.17) is 0 Å². The van der Waals surface area contributed by atoms with E-state index in [-0.39, 0.29) is 23.5 Å². The molecule has 0 bridgehead atoms. The molecule has 4 aromatic rings. The number of carboxylic acids is 1. The number of nitrogens with zero attached hydrogens (tertiary/aromatic N) is 2. The Morgan fingerprint density at radius 2 is 1.96 bits per heavy atom. The van der Waals surface area contributed by atoms with Gasteiger partial charge in [-0.15, -0.1) is 12.4 Å². The van der Waals surface area contributed by atoms with Crippen molar-refractivity contribution in [3.8, 4) is 22.5 Å². The van der Waals surface area contributed by atoms with Crippen LogP contribution in [0.25, 0.3) is 28.2 Å². The Morgan fingerprint density at radius 3 is 2.78 bits per heavy atom. The van der Waals surface area contributed by atoms with Gasteiger partial charge in [-0.05, 0) is 17.7 Å². The maximum Gasteiger partial charge on any atom is 0.335 e. The van der Waals surface area contributed by atoms with E-state index in [1.165, 1.54) is 6.07 Å². The second-order valence-electron chi connectivity index (χ2n) is 6.32. The predicted molar refractivity (Wildman–Crippen MR) is 104 cm³/mol. The van der Waals surface area contributed by atoms with Gasteiger partial charge in [0.15, 0.2) is 0 Å². The molecule has 0 unspecified atom stereocenters. The zero-order valence-corrected chi connectivity index (χ0v) is 14.8. The molecular weight excluding hydrogens is 366 g/mol. The summed E-state index contributed by atoms with van der Waals surface area (Å²) in [7, 11) is 0. The van der Waals surface area contributed by atoms with Gasteiger partial charge in [0.05, 0.1) is 22.6 Å². The van der Waals surface area contributed by atoms with Crippen LogP contribution in [0.5, 0.6) is 0 Å². The van der Waals surface area contributed by atoms with Crippen molar-refractivity contribution in [2.75, 3.05) is 0 Å². The molecule has 2 aromatic heterocycles. The van der Waals surface area contributed by atoms with Crippen LogP contribution in [0.15, 0.2) is 59.5 Å². The van der Waals surface area contributed by atoms with E-state index in [1.807, 2.05) is 28.7 Å². The summed E-state index contributed by atoms with van der Waals surface area (Å²) in [5.74, 6) is -0.996. The number of H-pyrrole nitrogens is 1. The molecular formula is C20H14ClN3O3. The van der Waals surface area contributed by atoms with Gasteiger partial charge in [-0.2, -0.15) is 0 Å². The monoisotopic (exact) mass is 379 g/mol. The topological polar surface area (TPSA) is 87.5 Å². The maximum absolute atomic E-state index is 12.5. The van der Waals surface area contributed by atoms with Crippen molar-refractivity contribution >= 4 is 24.0 Å². The van der Waals surface area contributed by atoms with Gasteiger partial charge in [-0.1, -0.05) is 36.4 Å². The summed E-state index contributed by atoms with van der Waals surface area (Å²) in [6.45, 7) is 0. The summed E-state index contributed by atoms with van der Waals surface area (Å²) >= 11 is 0. The Kier molecular flexibility index (Phi) is 3.86. The SMILES string of the molecule is Cl.O=C(O)c1cccc(-c2cn3c4c([nH]c(=O)c3n2)-c2ccccc2C4)c1. The van der Waals surface area contributed by atoms with Crippen molar-refractivity contribution in [2.24, 2.45) is 0 Å². The number of hydrogen-bond acceptors (Lipinski definition) is 3. The Labute approximate surface area is 159 Å². The second-order valence-corrected chi connectivity index (χ2v) is 6.32. The number of benzene rings is 2. The smallest absolute Gasteiger partial charge is 0.335 e. The van der Waals surface area contributed by atoms with Crippen LogP contribution in [0.4, 0.5) is 0 Å². The molecule has 2 N–H and O–H groups in total. The normalized spacial score (nSPS) is 11.7. The molecule has 5 rings (SSSR count). The molecule has 1 aliphatic rings. The standard InChI is InChI=1S/C20H13N3O3.ClH/c24-19-18-21-15(12-5-3-6-13(8-12)20(25)26)10-23(18)16-9-11-4-1-2-7-14(11)17(16)22-19;/h1-8,10H,9H2,(H,22,24)(H,25,26);1H. The van der Waals surface area contributed by atoms with Crippen LogP contribution >= 0.6 is 12.4 Å². The van der Waals surface area contributed by atoms with Gasteiger partial charge in [-0.3, -0.25) is 9.20 Å². The molecule has 0 saturated carbocycles. The van der Waals surface area contributed by atoms with Crippen LogP contribution in [-0.4, -0.2) is 25.4 Å². The zero-order valence-electron chi connectivity index (χ0n) is 14.0. The van der Waals surface area contributed by atoms with E-state index in [0.717, 1.165) is 22.5 Å². The van der Waals surface area contributed by atoms with Crippen LogP contribution < -0.4 is 5.56 Å². The molecule has 0 radical (unpaired) electrons. The molecule has 0 spiro atoms. The van der Waals surface area contributed by atoms with Crippen LogP contribution in [0.1, 0.15) is 21.6 Å². The Bertz CT molecular complexity index is 1270. The molecule has 0 amide bonds. The number of carboxylic acid groups (broad SMARTS) is 1. The fourth-order valence-electron chi connectivity index (χ4n) is 3.55. The highest BCUT2D eigenvalue weighted by molar-refractivity contribution is 5.89. The number of fused-ring (bicyclic) bond motifs is 5. The lowest BCUT2D eigenvalue weighted by molar-refractivity contribution is 0.0697. The van der Waals surface area contributed by atoms with Gasteiger partial charge in [0.25, 0.3) is 5.56 Å². The highest BCUT2D eigenvalue weighted by Gasteiger charge is 2.23. The summed E-state index contributed by atoms with van der Waals surface area (Å²) in [4.78, 5) is 31.1. The highest BCUT2D eigenvalue weighted by atomic mass is 35.5. The van der Waals surface area contributed by atoms with Crippen molar-refractivity contribution in [1.29, 1.82) is 0 Å². The number of nitrogens with one attached hydrogen (secondary N) is 1. The van der Waals surface area contributed by atoms with E-state index in [2.05, 4.69) is 9.97 Å². The first-order valence-corrected chi connectivity index (χ1v) is 8.18. The van der Waals surface area contributed by atoms with Gasteiger partial charge in [0, 0.05) is 23.7 Å². The van der Waals surface area contributed by atoms with E-state index in [0.29, 0.717) is 23.3 Å². The lowest BCUT2D eigenvalue weighted by atomic mass is 10.1. The average molecular weight is 380 g/mol. The zero-order chi connectivity index (χ0) is 17.8. The summed E-state index contributed by atoms with van der Waals surface area (Å²) < 4.78 is 1.82. The molecule has 134 valence electrons. The second kappa shape index (κ2) is 6.10. The number of halogens is 1. The van der Waals surface area contributed by atoms with Crippen molar-refractivity contribution in [3.05, 3.63) is 81.9 Å². The van der Waals surface area contributed by atoms with Crippen LogP contribution in [0, 0.1) is 0 Å². The molecule has 0 fully saturated rings. The van der Waals surface area contributed by atoms with Crippen molar-refractivity contribution < 1.29 is 9.90 Å². The van der Waals surface area contributed by atoms with E-state index in [9.17, 15) is 14.7 Å². The first-order chi connectivity index (χ1) is 12.6. The number of carbonyl (C=O) groups is 1. The molecule has 27 heavy (non-hydrogen) atoms. The molecule has 0 saturated heterocycles. The Hall–Kier alpha value is -3.38. The van der Waals surface area contributed by atoms with Gasteiger partial charge in [0.1, 0.15) is 0 Å². The Balaban J connectivity index is 0.00000180. The third-order valence-electron chi connectivity index (χ3n) is 4.78. The number of aromatic carboxylic acids is 1. The quantitative estimate of drug-likeness (QED) is 0.492. The molecule has 1 aliphatic carbocycles. The lowest BCUT2D eigenvalue weighted by Crippen LogP contribution is -2.13. The van der Waals surface area contributed by atoms with E-state index in [1.54, 1.807) is 24.4 Å². The van der Waals surface area contributed by atoms with Gasteiger partial charge in [-0.25, -0.2) is 9.78 Å². The summed E-state index contributed by atoms with van der Waals surface area (Å²) in [6, 6.07) is 14.5. The molecule has 0 aliphatic heterocycles. The number of imidazole rings is 1. The minimum absolute atomic E-state index is 0. The molecule has 6 nitrogen and oxygen atoms in total. The first kappa shape index (κ1) is 17.1. The number of aromatic nitrogens is 3. The highest BCUT2D eigenvalue weighted by Crippen LogP contribution is 2.34. The number of aromatic amines is 1. The van der Waals surface area contributed by atoms with Gasteiger partial charge in [0.2, 0.25) is 5.65 Å². The minimum Gasteiger partial charge on any atom is -0.478 e. The Morgan fingerprint density at radius 1 is 1.15 bits per heavy atom. The van der Waals surface area contributed by atoms with E-state index < -0.39 is 5.97 Å². The molecule has 2 aromatic carbocycles. The van der Waals surface area contributed by atoms with Crippen LogP contribution in [-0.2, 0) is 6.42 Å². The molecule has 7 heteroatoms. The minimum atomic E-state index is -0.996. The largest absolute Gasteiger partial charge is 0.478 e. The predicted octanol–water partition coefficient (Wildman–Crippen LogP) is 3.38. The van der Waals surface area contributed by atoms with Crippen LogP contribution in [0.2, 0.25) is 0 Å². The fraction of sp³-hybridized carbons (Fsp3) is 0.0500.